The van der Waals surface area contributed by atoms with Crippen molar-refractivity contribution in [3.63, 3.8) is 0 Å². The second-order valence-corrected chi connectivity index (χ2v) is 11.5. The number of carbonyl (C=O) groups excluding carboxylic acids is 2. The molecule has 39 heavy (non-hydrogen) atoms. The van der Waals surface area contributed by atoms with Crippen molar-refractivity contribution in [2.24, 2.45) is 5.92 Å². The molecule has 3 aromatic carbocycles. The van der Waals surface area contributed by atoms with Gasteiger partial charge in [-0.2, -0.15) is 4.31 Å². The predicted octanol–water partition coefficient (Wildman–Crippen LogP) is 3.21. The molecular weight excluding hydrogens is 518 g/mol. The molecule has 1 fully saturated rings. The highest BCUT2D eigenvalue weighted by atomic mass is 32.2. The van der Waals surface area contributed by atoms with Crippen LogP contribution in [0.3, 0.4) is 0 Å². The summed E-state index contributed by atoms with van der Waals surface area (Å²) in [7, 11) is -2.26. The van der Waals surface area contributed by atoms with Gasteiger partial charge in [-0.15, -0.1) is 0 Å². The first kappa shape index (κ1) is 26.7. The number of fused-ring (bicyclic) bond motifs is 1. The maximum Gasteiger partial charge on any atom is 0.263 e. The van der Waals surface area contributed by atoms with Gasteiger partial charge in [0.2, 0.25) is 15.9 Å². The monoisotopic (exact) mass is 549 g/mol. The molecule has 0 unspecified atom stereocenters. The van der Waals surface area contributed by atoms with Crippen LogP contribution in [0.5, 0.6) is 11.5 Å². The predicted molar refractivity (Wildman–Crippen MR) is 146 cm³/mol. The number of methoxy groups -OCH3 is 1. The number of rotatable bonds is 7. The summed E-state index contributed by atoms with van der Waals surface area (Å²) in [6.07, 6.45) is 0.215. The fourth-order valence-corrected chi connectivity index (χ4v) is 6.48. The molecule has 2 aliphatic heterocycles. The molecule has 2 heterocycles. The fourth-order valence-electron chi connectivity index (χ4n) is 4.96. The summed E-state index contributed by atoms with van der Waals surface area (Å²) >= 11 is 0. The van der Waals surface area contributed by atoms with Crippen LogP contribution >= 0.6 is 0 Å². The first-order valence-electron chi connectivity index (χ1n) is 12.9. The van der Waals surface area contributed by atoms with E-state index in [0.717, 1.165) is 5.56 Å². The zero-order chi connectivity index (χ0) is 27.4. The van der Waals surface area contributed by atoms with Crippen LogP contribution in [0.25, 0.3) is 0 Å². The van der Waals surface area contributed by atoms with Gasteiger partial charge in [0.15, 0.2) is 6.10 Å². The van der Waals surface area contributed by atoms with Gasteiger partial charge in [0, 0.05) is 19.6 Å². The van der Waals surface area contributed by atoms with Crippen molar-refractivity contribution in [3.05, 3.63) is 84.4 Å². The first-order chi connectivity index (χ1) is 18.9. The van der Waals surface area contributed by atoms with Crippen LogP contribution in [0.4, 0.5) is 5.69 Å². The van der Waals surface area contributed by atoms with E-state index in [1.807, 2.05) is 30.3 Å². The minimum Gasteiger partial charge on any atom is -0.497 e. The Morgan fingerprint density at radius 2 is 1.69 bits per heavy atom. The van der Waals surface area contributed by atoms with Gasteiger partial charge in [-0.05, 0) is 54.8 Å². The number of anilines is 1. The number of nitrogens with one attached hydrogen (secondary N) is 1. The summed E-state index contributed by atoms with van der Waals surface area (Å²) in [5.41, 5.74) is 1.53. The highest BCUT2D eigenvalue weighted by molar-refractivity contribution is 7.89. The van der Waals surface area contributed by atoms with E-state index in [4.69, 9.17) is 9.47 Å². The fraction of sp³-hybridized carbons (Fsp3) is 0.310. The van der Waals surface area contributed by atoms with Crippen molar-refractivity contribution in [1.29, 1.82) is 0 Å². The number of nitrogens with zero attached hydrogens (tertiary/aromatic N) is 2. The van der Waals surface area contributed by atoms with Crippen LogP contribution < -0.4 is 19.7 Å². The highest BCUT2D eigenvalue weighted by Gasteiger charge is 2.39. The smallest absolute Gasteiger partial charge is 0.263 e. The lowest BCUT2D eigenvalue weighted by Crippen LogP contribution is -2.53. The van der Waals surface area contributed by atoms with Gasteiger partial charge in [-0.3, -0.25) is 9.59 Å². The van der Waals surface area contributed by atoms with Crippen LogP contribution in [0.2, 0.25) is 0 Å². The van der Waals surface area contributed by atoms with E-state index in [9.17, 15) is 18.0 Å². The standard InChI is InChI=1S/C29H31N3O6S/c1-37-23-13-15-24(16-14-23)39(35,36)31-17-7-10-22(19-31)29(34)32-20-27(38-26-12-6-5-11-25(26)32)28(33)30-18-21-8-3-2-4-9-21/h2-6,8-9,11-16,22,27H,7,10,17-20H2,1H3,(H,30,33)/t22-,27-/m0/s1. The summed E-state index contributed by atoms with van der Waals surface area (Å²) in [5.74, 6) is -0.0878. The number of ether oxygens (including phenoxy) is 2. The van der Waals surface area contributed by atoms with Crippen molar-refractivity contribution in [2.75, 3.05) is 31.6 Å². The van der Waals surface area contributed by atoms with Crippen LogP contribution in [-0.4, -0.2) is 57.4 Å². The molecule has 204 valence electrons. The SMILES string of the molecule is COc1ccc(S(=O)(=O)N2CCC[C@H](C(=O)N3C[C@@H](C(=O)NCc4ccccc4)Oc4ccccc43)C2)cc1. The second-order valence-electron chi connectivity index (χ2n) is 9.60. The van der Waals surface area contributed by atoms with Gasteiger partial charge in [-0.1, -0.05) is 42.5 Å². The summed E-state index contributed by atoms with van der Waals surface area (Å²) in [5, 5.41) is 2.89. The van der Waals surface area contributed by atoms with Gasteiger partial charge in [-0.25, -0.2) is 8.42 Å². The van der Waals surface area contributed by atoms with E-state index >= 15 is 0 Å². The van der Waals surface area contributed by atoms with Gasteiger partial charge >= 0.3 is 0 Å². The van der Waals surface area contributed by atoms with E-state index in [1.165, 1.54) is 23.5 Å². The first-order valence-corrected chi connectivity index (χ1v) is 14.3. The molecule has 0 radical (unpaired) electrons. The third kappa shape index (κ3) is 5.76. The topological polar surface area (TPSA) is 105 Å². The molecule has 5 rings (SSSR count). The summed E-state index contributed by atoms with van der Waals surface area (Å²) in [6.45, 7) is 0.786. The van der Waals surface area contributed by atoms with Crippen molar-refractivity contribution in [1.82, 2.24) is 9.62 Å². The van der Waals surface area contributed by atoms with E-state index in [1.54, 1.807) is 41.3 Å². The lowest BCUT2D eigenvalue weighted by atomic mass is 9.97. The zero-order valence-corrected chi connectivity index (χ0v) is 22.5. The molecule has 0 spiro atoms. The van der Waals surface area contributed by atoms with Crippen molar-refractivity contribution in [3.8, 4) is 11.5 Å². The second kappa shape index (κ2) is 11.5. The summed E-state index contributed by atoms with van der Waals surface area (Å²) in [6, 6.07) is 22.9. The van der Waals surface area contributed by atoms with Crippen LogP contribution in [0.1, 0.15) is 18.4 Å². The van der Waals surface area contributed by atoms with E-state index in [0.29, 0.717) is 43.1 Å². The Morgan fingerprint density at radius 1 is 0.974 bits per heavy atom. The molecule has 2 amide bonds. The van der Waals surface area contributed by atoms with Gasteiger partial charge in [0.25, 0.3) is 5.91 Å². The number of hydrogen-bond acceptors (Lipinski definition) is 6. The normalized spacial score (nSPS) is 19.5. The Hall–Kier alpha value is -3.89. The number of benzene rings is 3. The number of amides is 2. The summed E-state index contributed by atoms with van der Waals surface area (Å²) in [4.78, 5) is 28.6. The lowest BCUT2D eigenvalue weighted by Gasteiger charge is -2.38. The Balaban J connectivity index is 1.32. The quantitative estimate of drug-likeness (QED) is 0.485. The minimum absolute atomic E-state index is 0.0399. The van der Waals surface area contributed by atoms with Crippen molar-refractivity contribution < 1.29 is 27.5 Å². The average molecular weight is 550 g/mol. The Kier molecular flexibility index (Phi) is 7.85. The Bertz CT molecular complexity index is 1430. The number of hydrogen-bond donors (Lipinski definition) is 1. The summed E-state index contributed by atoms with van der Waals surface area (Å²) < 4.78 is 39.2. The maximum absolute atomic E-state index is 13.9. The van der Waals surface area contributed by atoms with Crippen LogP contribution in [0, 0.1) is 5.92 Å². The van der Waals surface area contributed by atoms with Crippen molar-refractivity contribution in [2.45, 2.75) is 30.4 Å². The molecule has 0 aliphatic carbocycles. The number of sulfonamides is 1. The molecular formula is C29H31N3O6S. The maximum atomic E-state index is 13.9. The number of para-hydroxylation sites is 2. The Morgan fingerprint density at radius 3 is 2.44 bits per heavy atom. The van der Waals surface area contributed by atoms with E-state index < -0.39 is 22.0 Å². The Labute approximate surface area is 228 Å². The van der Waals surface area contributed by atoms with Gasteiger partial charge < -0.3 is 19.7 Å². The van der Waals surface area contributed by atoms with Gasteiger partial charge in [0.1, 0.15) is 11.5 Å². The molecule has 0 aromatic heterocycles. The molecule has 2 aliphatic rings. The molecule has 2 atom stereocenters. The largest absolute Gasteiger partial charge is 0.497 e. The molecule has 0 saturated carbocycles. The molecule has 1 saturated heterocycles. The average Bonchev–Trinajstić information content (AvgIpc) is 2.99. The minimum atomic E-state index is -3.78. The van der Waals surface area contributed by atoms with Crippen molar-refractivity contribution >= 4 is 27.5 Å². The number of carbonyl (C=O) groups is 2. The third-order valence-corrected chi connectivity index (χ3v) is 8.95. The lowest BCUT2D eigenvalue weighted by molar-refractivity contribution is -0.129. The third-order valence-electron chi connectivity index (χ3n) is 7.07. The number of piperidine rings is 1. The van der Waals surface area contributed by atoms with Gasteiger partial charge in [0.05, 0.1) is 30.2 Å². The molecule has 9 nitrogen and oxygen atoms in total. The van der Waals surface area contributed by atoms with Crippen LogP contribution in [-0.2, 0) is 26.2 Å². The molecule has 0 bridgehead atoms. The molecule has 3 aromatic rings. The van der Waals surface area contributed by atoms with Crippen LogP contribution in [0.15, 0.2) is 83.8 Å². The zero-order valence-electron chi connectivity index (χ0n) is 21.7. The van der Waals surface area contributed by atoms with E-state index in [-0.39, 0.29) is 29.8 Å². The molecule has 1 N–H and O–H groups in total. The highest BCUT2D eigenvalue weighted by Crippen LogP contribution is 2.35. The van der Waals surface area contributed by atoms with E-state index in [2.05, 4.69) is 5.32 Å². The molecule has 10 heteroatoms.